The van der Waals surface area contributed by atoms with Crippen molar-refractivity contribution in [1.29, 1.82) is 0 Å². The summed E-state index contributed by atoms with van der Waals surface area (Å²) in [5.74, 6) is 0. The van der Waals surface area contributed by atoms with Gasteiger partial charge >= 0.3 is 0 Å². The maximum absolute atomic E-state index is 2.52. The molecule has 0 aromatic heterocycles. The maximum Gasteiger partial charge on any atom is 0.0546 e. The molecule has 14 aromatic rings. The molecule has 0 aliphatic carbocycles. The first-order valence-electron chi connectivity index (χ1n) is 23.2. The van der Waals surface area contributed by atoms with Crippen LogP contribution >= 0.6 is 0 Å². The number of hydrogen-bond donors (Lipinski definition) is 0. The zero-order chi connectivity index (χ0) is 44.0. The summed E-state index contributed by atoms with van der Waals surface area (Å²) in [7, 11) is 0. The molecule has 0 spiro atoms. The molecule has 0 bridgehead atoms. The van der Waals surface area contributed by atoms with Crippen LogP contribution in [0.1, 0.15) is 0 Å². The molecule has 310 valence electrons. The van der Waals surface area contributed by atoms with Gasteiger partial charge in [-0.2, -0.15) is 0 Å². The highest BCUT2D eigenvalue weighted by Crippen LogP contribution is 2.51. The number of hydrogen-bond acceptors (Lipinski definition) is 1. The second-order valence-corrected chi connectivity index (χ2v) is 17.9. The van der Waals surface area contributed by atoms with E-state index in [2.05, 4.69) is 254 Å². The molecular formula is C66H41N. The third kappa shape index (κ3) is 5.81. The molecule has 0 unspecified atom stereocenters. The van der Waals surface area contributed by atoms with Gasteiger partial charge in [-0.15, -0.1) is 0 Å². The Balaban J connectivity index is 1.13. The lowest BCUT2D eigenvalue weighted by Gasteiger charge is -2.29. The summed E-state index contributed by atoms with van der Waals surface area (Å²) in [6.07, 6.45) is 0. The monoisotopic (exact) mass is 847 g/mol. The smallest absolute Gasteiger partial charge is 0.0546 e. The second-order valence-electron chi connectivity index (χ2n) is 17.9. The Morgan fingerprint density at radius 1 is 0.224 bits per heavy atom. The van der Waals surface area contributed by atoms with Gasteiger partial charge in [0.05, 0.1) is 5.69 Å². The molecule has 0 amide bonds. The van der Waals surface area contributed by atoms with Crippen molar-refractivity contribution in [2.45, 2.75) is 0 Å². The van der Waals surface area contributed by atoms with Gasteiger partial charge < -0.3 is 4.90 Å². The summed E-state index contributed by atoms with van der Waals surface area (Å²) >= 11 is 0. The molecule has 0 aliphatic heterocycles. The van der Waals surface area contributed by atoms with Gasteiger partial charge in [-0.3, -0.25) is 0 Å². The molecule has 0 saturated carbocycles. The average Bonchev–Trinajstić information content (AvgIpc) is 3.40. The van der Waals surface area contributed by atoms with Crippen molar-refractivity contribution in [3.05, 3.63) is 249 Å². The van der Waals surface area contributed by atoms with Crippen molar-refractivity contribution < 1.29 is 0 Å². The summed E-state index contributed by atoms with van der Waals surface area (Å²) in [5.41, 5.74) is 10.7. The number of nitrogens with zero attached hydrogens (tertiary/aromatic N) is 1. The quantitative estimate of drug-likeness (QED) is 0.151. The van der Waals surface area contributed by atoms with Crippen molar-refractivity contribution in [1.82, 2.24) is 0 Å². The predicted octanol–water partition coefficient (Wildman–Crippen LogP) is 18.8. The molecule has 0 N–H and O–H groups in total. The fourth-order valence-corrected chi connectivity index (χ4v) is 11.4. The van der Waals surface area contributed by atoms with E-state index >= 15 is 0 Å². The van der Waals surface area contributed by atoms with Crippen LogP contribution in [0.25, 0.3) is 120 Å². The minimum atomic E-state index is 1.11. The molecule has 14 rings (SSSR count). The first-order chi connectivity index (χ1) is 33.2. The highest BCUT2D eigenvalue weighted by Gasteiger charge is 2.24. The Morgan fingerprint density at radius 2 is 0.716 bits per heavy atom. The zero-order valence-corrected chi connectivity index (χ0v) is 36.6. The lowest BCUT2D eigenvalue weighted by molar-refractivity contribution is 1.32. The number of rotatable bonds is 6. The summed E-state index contributed by atoms with van der Waals surface area (Å²) in [6, 6.07) is 92.5. The minimum Gasteiger partial charge on any atom is -0.310 e. The van der Waals surface area contributed by atoms with Crippen LogP contribution in [0.5, 0.6) is 0 Å². The lowest BCUT2D eigenvalue weighted by atomic mass is 9.81. The molecule has 1 heteroatoms. The van der Waals surface area contributed by atoms with Gasteiger partial charge in [-0.25, -0.2) is 0 Å². The van der Waals surface area contributed by atoms with Crippen LogP contribution in [0, 0.1) is 0 Å². The van der Waals surface area contributed by atoms with Gasteiger partial charge in [0.1, 0.15) is 0 Å². The molecular weight excluding hydrogens is 807 g/mol. The third-order valence-electron chi connectivity index (χ3n) is 14.3. The molecule has 0 aliphatic rings. The third-order valence-corrected chi connectivity index (χ3v) is 14.3. The van der Waals surface area contributed by atoms with Crippen molar-refractivity contribution in [3.8, 4) is 33.4 Å². The maximum atomic E-state index is 2.52. The Kier molecular flexibility index (Phi) is 8.35. The Hall–Kier alpha value is -8.78. The van der Waals surface area contributed by atoms with E-state index in [1.54, 1.807) is 0 Å². The van der Waals surface area contributed by atoms with Gasteiger partial charge in [0.15, 0.2) is 0 Å². The summed E-state index contributed by atoms with van der Waals surface area (Å²) < 4.78 is 0. The SMILES string of the molecule is c1ccc(-c2cc(-c3ccccc3)c3c4ccccc4c4cc(N(c5cc6ccc7cccc8ccc(c5)c6c78)c5cc6ccccc6c6ccccc56)ccc4c3c2-c2ccccc2)cc1. The molecule has 14 aromatic carbocycles. The van der Waals surface area contributed by atoms with Crippen molar-refractivity contribution in [3.63, 3.8) is 0 Å². The number of anilines is 3. The molecule has 0 heterocycles. The lowest BCUT2D eigenvalue weighted by Crippen LogP contribution is -2.11. The van der Waals surface area contributed by atoms with Crippen molar-refractivity contribution in [2.75, 3.05) is 4.90 Å². The van der Waals surface area contributed by atoms with Crippen LogP contribution in [0.4, 0.5) is 17.1 Å². The van der Waals surface area contributed by atoms with Gasteiger partial charge in [-0.1, -0.05) is 212 Å². The standard InChI is InChI=1S/C66H41N/c1-4-17-42(18-5-1)58-41-59(43-19-6-2-7-20-43)65-56-30-15-13-28-54(56)60-40-50(35-36-57(60)66(65)64(58)44-21-8-3-9-22-44)67(61-39-47-23-10-11-26-52(47)53-27-12-14-29-55(53)61)51-37-48-33-31-45-24-16-25-46-32-34-49(38-51)63(48)62(45)46/h1-41H. The van der Waals surface area contributed by atoms with Crippen LogP contribution in [-0.4, -0.2) is 0 Å². The molecule has 67 heavy (non-hydrogen) atoms. The van der Waals surface area contributed by atoms with Crippen molar-refractivity contribution >= 4 is 103 Å². The highest BCUT2D eigenvalue weighted by molar-refractivity contribution is 6.33. The van der Waals surface area contributed by atoms with E-state index in [4.69, 9.17) is 0 Å². The minimum absolute atomic E-state index is 1.11. The fourth-order valence-electron chi connectivity index (χ4n) is 11.4. The van der Waals surface area contributed by atoms with Gasteiger partial charge in [0.2, 0.25) is 0 Å². The fraction of sp³-hybridized carbons (Fsp3) is 0. The number of benzene rings is 14. The molecule has 1 nitrogen and oxygen atoms in total. The molecule has 0 fully saturated rings. The molecule has 0 radical (unpaired) electrons. The van der Waals surface area contributed by atoms with Crippen LogP contribution < -0.4 is 4.90 Å². The van der Waals surface area contributed by atoms with Crippen LogP contribution in [0.2, 0.25) is 0 Å². The van der Waals surface area contributed by atoms with Crippen LogP contribution in [0.15, 0.2) is 249 Å². The summed E-state index contributed by atoms with van der Waals surface area (Å²) in [6.45, 7) is 0. The van der Waals surface area contributed by atoms with E-state index < -0.39 is 0 Å². The van der Waals surface area contributed by atoms with Crippen LogP contribution in [0.3, 0.4) is 0 Å². The highest BCUT2D eigenvalue weighted by atomic mass is 15.1. The normalized spacial score (nSPS) is 11.9. The van der Waals surface area contributed by atoms with Gasteiger partial charge in [0.25, 0.3) is 0 Å². The van der Waals surface area contributed by atoms with Crippen molar-refractivity contribution in [2.24, 2.45) is 0 Å². The average molecular weight is 848 g/mol. The molecule has 0 atom stereocenters. The first-order valence-corrected chi connectivity index (χ1v) is 23.2. The Labute approximate surface area is 388 Å². The van der Waals surface area contributed by atoms with E-state index in [1.165, 1.54) is 120 Å². The Morgan fingerprint density at radius 3 is 1.39 bits per heavy atom. The van der Waals surface area contributed by atoms with E-state index in [1.807, 2.05) is 0 Å². The summed E-state index contributed by atoms with van der Waals surface area (Å²) in [4.78, 5) is 2.52. The molecule has 0 saturated heterocycles. The summed E-state index contributed by atoms with van der Waals surface area (Å²) in [5, 5.41) is 20.0. The zero-order valence-electron chi connectivity index (χ0n) is 36.6. The largest absolute Gasteiger partial charge is 0.310 e. The predicted molar refractivity (Wildman–Crippen MR) is 289 cm³/mol. The van der Waals surface area contributed by atoms with E-state index in [-0.39, 0.29) is 0 Å². The first kappa shape index (κ1) is 37.6. The number of fused-ring (bicyclic) bond motifs is 9. The topological polar surface area (TPSA) is 3.24 Å². The van der Waals surface area contributed by atoms with E-state index in [0.29, 0.717) is 0 Å². The second kappa shape index (κ2) is 14.9. The Bertz CT molecular complexity index is 4190. The van der Waals surface area contributed by atoms with E-state index in [0.717, 1.165) is 17.1 Å². The van der Waals surface area contributed by atoms with Gasteiger partial charge in [0, 0.05) is 16.8 Å². The van der Waals surface area contributed by atoms with E-state index in [9.17, 15) is 0 Å². The van der Waals surface area contributed by atoms with Crippen LogP contribution in [-0.2, 0) is 0 Å². The van der Waals surface area contributed by atoms with Gasteiger partial charge in [-0.05, 0) is 151 Å².